The van der Waals surface area contributed by atoms with Crippen LogP contribution >= 0.6 is 0 Å². The smallest absolute Gasteiger partial charge is 0.404 e. The number of halogens is 6. The van der Waals surface area contributed by atoms with E-state index in [2.05, 4.69) is 15.4 Å². The van der Waals surface area contributed by atoms with Gasteiger partial charge in [0, 0.05) is 13.1 Å². The fourth-order valence-electron chi connectivity index (χ4n) is 3.55. The normalized spacial score (nSPS) is 17.2. The van der Waals surface area contributed by atoms with Crippen molar-refractivity contribution in [2.24, 2.45) is 22.4 Å². The lowest BCUT2D eigenvalue weighted by atomic mass is 10.0. The Kier molecular flexibility index (Phi) is 13.5. The van der Waals surface area contributed by atoms with E-state index in [1.54, 1.807) is 13.0 Å². The largest absolute Gasteiger partial charge is 0.435 e. The molecule has 0 radical (unpaired) electrons. The minimum absolute atomic E-state index is 0.0370. The summed E-state index contributed by atoms with van der Waals surface area (Å²) < 4.78 is 80.8. The fraction of sp³-hybridized carbons (Fsp3) is 0.556. The number of carbonyl (C=O) groups is 2. The van der Waals surface area contributed by atoms with Crippen molar-refractivity contribution >= 4 is 23.5 Å². The van der Waals surface area contributed by atoms with Crippen molar-refractivity contribution in [3.05, 3.63) is 47.2 Å². The Labute approximate surface area is 235 Å². The lowest BCUT2D eigenvalue weighted by Crippen LogP contribution is -2.48. The first-order chi connectivity index (χ1) is 19.1. The third kappa shape index (κ3) is 11.2. The molecule has 8 nitrogen and oxygen atoms in total. The van der Waals surface area contributed by atoms with Crippen LogP contribution < -0.4 is 16.8 Å². The van der Waals surface area contributed by atoms with Crippen LogP contribution in [0.3, 0.4) is 0 Å². The van der Waals surface area contributed by atoms with E-state index in [9.17, 15) is 35.9 Å². The summed E-state index contributed by atoms with van der Waals surface area (Å²) in [6, 6.07) is -0.444. The van der Waals surface area contributed by atoms with Gasteiger partial charge in [-0.1, -0.05) is 40.2 Å². The highest BCUT2D eigenvalue weighted by molar-refractivity contribution is 5.94. The van der Waals surface area contributed by atoms with Crippen molar-refractivity contribution in [2.75, 3.05) is 0 Å². The molecule has 230 valence electrons. The van der Waals surface area contributed by atoms with Crippen molar-refractivity contribution in [1.29, 1.82) is 0 Å². The molecule has 0 bridgehead atoms. The number of rotatable bonds is 13. The maximum absolute atomic E-state index is 14.3. The Bertz CT molecular complexity index is 1170. The average molecular weight is 593 g/mol. The number of amides is 1. The van der Waals surface area contributed by atoms with Gasteiger partial charge < -0.3 is 16.8 Å². The first-order valence-corrected chi connectivity index (χ1v) is 13.2. The maximum atomic E-state index is 14.3. The molecule has 2 atom stereocenters. The molecular weight excluding hydrogens is 554 g/mol. The quantitative estimate of drug-likeness (QED) is 0.0942. The van der Waals surface area contributed by atoms with Gasteiger partial charge >= 0.3 is 12.7 Å². The number of hydrogen-bond donors (Lipinski definition) is 3. The summed E-state index contributed by atoms with van der Waals surface area (Å²) in [5, 5.41) is 6.39. The van der Waals surface area contributed by atoms with E-state index in [1.807, 2.05) is 20.8 Å². The molecule has 1 aliphatic carbocycles. The number of alkyl halides is 5. The zero-order valence-electron chi connectivity index (χ0n) is 23.7. The number of Topliss-reactive ketones (excluding diaryl/α,β-unsaturated/α-hetero) is 1. The van der Waals surface area contributed by atoms with Crippen LogP contribution in [-0.2, 0) is 22.3 Å². The molecule has 1 aromatic rings. The fourth-order valence-corrected chi connectivity index (χ4v) is 3.55. The van der Waals surface area contributed by atoms with Crippen molar-refractivity contribution in [2.45, 2.75) is 91.2 Å². The van der Waals surface area contributed by atoms with Gasteiger partial charge in [0.1, 0.15) is 0 Å². The summed E-state index contributed by atoms with van der Waals surface area (Å²) in [5.41, 5.74) is 9.11. The van der Waals surface area contributed by atoms with Crippen LogP contribution in [0, 0.1) is 5.92 Å². The molecule has 1 heterocycles. The van der Waals surface area contributed by atoms with Gasteiger partial charge in [0.05, 0.1) is 23.8 Å². The molecule has 1 aromatic heterocycles. The number of carbonyl (C=O) groups excluding carboxylic acids is 2. The van der Waals surface area contributed by atoms with Crippen LogP contribution in [0.5, 0.6) is 0 Å². The van der Waals surface area contributed by atoms with Crippen LogP contribution in [0.1, 0.15) is 71.7 Å². The molecule has 1 saturated carbocycles. The third-order valence-electron chi connectivity index (χ3n) is 6.15. The van der Waals surface area contributed by atoms with Gasteiger partial charge in [0.2, 0.25) is 5.91 Å². The summed E-state index contributed by atoms with van der Waals surface area (Å²) in [4.78, 5) is 27.2. The minimum Gasteiger partial charge on any atom is -0.404 e. The van der Waals surface area contributed by atoms with Gasteiger partial charge in [-0.05, 0) is 54.7 Å². The van der Waals surface area contributed by atoms with Crippen LogP contribution in [0.25, 0.3) is 5.57 Å². The first kappa shape index (κ1) is 35.6. The Balaban J connectivity index is 0.00000411. The number of hydrogen-bond acceptors (Lipinski definition) is 6. The highest BCUT2D eigenvalue weighted by atomic mass is 19.4. The number of nitrogens with two attached hydrogens (primary N) is 2. The van der Waals surface area contributed by atoms with Crippen LogP contribution in [0.4, 0.5) is 26.3 Å². The first-order valence-electron chi connectivity index (χ1n) is 13.2. The SMILES string of the molecule is CC.CCC(C)/C=C(\C=C(\F)C(C)=O)c1cc(C(F)(F)F)nn1CC1(NC(=O)[C@H](N)CC(=C/N)/C=N/C(F)F)CC1. The van der Waals surface area contributed by atoms with Gasteiger partial charge in [-0.15, -0.1) is 0 Å². The number of aromatic nitrogens is 2. The van der Waals surface area contributed by atoms with E-state index in [-0.39, 0.29) is 35.7 Å². The lowest BCUT2D eigenvalue weighted by molar-refractivity contribution is -0.141. The summed E-state index contributed by atoms with van der Waals surface area (Å²) in [7, 11) is 0. The maximum Gasteiger partial charge on any atom is 0.435 e. The van der Waals surface area contributed by atoms with Gasteiger partial charge in [-0.2, -0.15) is 27.1 Å². The zero-order valence-corrected chi connectivity index (χ0v) is 23.7. The Morgan fingerprint density at radius 3 is 2.34 bits per heavy atom. The van der Waals surface area contributed by atoms with Gasteiger partial charge in [-0.3, -0.25) is 14.3 Å². The van der Waals surface area contributed by atoms with Crippen LogP contribution in [0.15, 0.2) is 40.8 Å². The highest BCUT2D eigenvalue weighted by Crippen LogP contribution is 2.39. The molecule has 0 aromatic carbocycles. The van der Waals surface area contributed by atoms with Crippen molar-refractivity contribution in [3.8, 4) is 0 Å². The molecule has 14 heteroatoms. The predicted molar refractivity (Wildman–Crippen MR) is 145 cm³/mol. The summed E-state index contributed by atoms with van der Waals surface area (Å²) in [5.74, 6) is -2.87. The number of ketones is 1. The van der Waals surface area contributed by atoms with Crippen molar-refractivity contribution < 1.29 is 35.9 Å². The molecule has 41 heavy (non-hydrogen) atoms. The minimum atomic E-state index is -4.81. The molecule has 0 aliphatic heterocycles. The number of aliphatic imine (C=N–C) groups is 1. The van der Waals surface area contributed by atoms with E-state index in [0.717, 1.165) is 36.2 Å². The molecule has 0 spiro atoms. The summed E-state index contributed by atoms with van der Waals surface area (Å²) >= 11 is 0. The van der Waals surface area contributed by atoms with E-state index in [0.29, 0.717) is 19.3 Å². The van der Waals surface area contributed by atoms with Crippen LogP contribution in [0.2, 0.25) is 0 Å². The topological polar surface area (TPSA) is 128 Å². The Hall–Kier alpha value is -3.42. The molecule has 2 rings (SSSR count). The van der Waals surface area contributed by atoms with E-state index >= 15 is 0 Å². The van der Waals surface area contributed by atoms with Gasteiger partial charge in [-0.25, -0.2) is 9.38 Å². The summed E-state index contributed by atoms with van der Waals surface area (Å²) in [6.45, 7) is 5.45. The zero-order chi connectivity index (χ0) is 31.5. The number of allylic oxidation sites excluding steroid dienone is 4. The molecular formula is C27H38F6N6O2. The predicted octanol–water partition coefficient (Wildman–Crippen LogP) is 5.30. The third-order valence-corrected chi connectivity index (χ3v) is 6.15. The number of nitrogens with zero attached hydrogens (tertiary/aromatic N) is 3. The highest BCUT2D eigenvalue weighted by Gasteiger charge is 2.46. The number of nitrogens with one attached hydrogen (secondary N) is 1. The second-order valence-corrected chi connectivity index (χ2v) is 9.50. The Morgan fingerprint density at radius 2 is 1.88 bits per heavy atom. The van der Waals surface area contributed by atoms with Crippen molar-refractivity contribution in [3.63, 3.8) is 0 Å². The second kappa shape index (κ2) is 15.5. The summed E-state index contributed by atoms with van der Waals surface area (Å²) in [6.07, 6.45) is 0.565. The van der Waals surface area contributed by atoms with E-state index in [1.165, 1.54) is 0 Å². The molecule has 5 N–H and O–H groups in total. The van der Waals surface area contributed by atoms with Gasteiger partial charge in [0.25, 0.3) is 0 Å². The average Bonchev–Trinajstić information content (AvgIpc) is 3.51. The second-order valence-electron chi connectivity index (χ2n) is 9.50. The monoisotopic (exact) mass is 592 g/mol. The van der Waals surface area contributed by atoms with Crippen molar-refractivity contribution in [1.82, 2.24) is 15.1 Å². The standard InChI is InChI=1S/C25H32F6N6O2.C2H6/c1-4-14(2)7-17(9-18(26)15(3)38)20-10-21(25(29,30)31)36-37(20)13-24(5-6-24)35-22(39)19(33)8-16(11-32)12-34-23(27)28;1-2/h7,9-12,14,19,23H,4-6,8,13,32-33H2,1-3H3,(H,35,39);1-2H3/b16-11-,17-7+,18-9+,34-12+;/t14?,19-;/m1./s1. The van der Waals surface area contributed by atoms with E-state index < -0.39 is 47.5 Å². The molecule has 1 aliphatic rings. The van der Waals surface area contributed by atoms with E-state index in [4.69, 9.17) is 11.5 Å². The van der Waals surface area contributed by atoms with Crippen LogP contribution in [-0.4, -0.2) is 45.8 Å². The molecule has 1 amide bonds. The molecule has 1 fully saturated rings. The molecule has 0 saturated heterocycles. The van der Waals surface area contributed by atoms with Gasteiger partial charge in [0.15, 0.2) is 17.3 Å². The molecule has 1 unspecified atom stereocenters. The Morgan fingerprint density at radius 1 is 1.27 bits per heavy atom. The lowest BCUT2D eigenvalue weighted by Gasteiger charge is -2.22.